The number of nitrogens with zero attached hydrogens (tertiary/aromatic N) is 1. The minimum atomic E-state index is -0.263. The van der Waals surface area contributed by atoms with Gasteiger partial charge in [-0.15, -0.1) is 0 Å². The van der Waals surface area contributed by atoms with Crippen molar-refractivity contribution >= 4 is 28.4 Å². The molecule has 0 aromatic carbocycles. The van der Waals surface area contributed by atoms with E-state index in [2.05, 4.69) is 15.3 Å². The lowest BCUT2D eigenvalue weighted by molar-refractivity contribution is 0.576. The van der Waals surface area contributed by atoms with E-state index >= 15 is 0 Å². The first-order valence-corrected chi connectivity index (χ1v) is 5.25. The Kier molecular flexibility index (Phi) is 3.48. The summed E-state index contributed by atoms with van der Waals surface area (Å²) in [7, 11) is 0. The summed E-state index contributed by atoms with van der Waals surface area (Å²) in [5.74, 6) is 0.574. The summed E-state index contributed by atoms with van der Waals surface area (Å²) in [6.45, 7) is 4.37. The number of anilines is 1. The predicted molar refractivity (Wildman–Crippen MR) is 64.3 cm³/mol. The van der Waals surface area contributed by atoms with Gasteiger partial charge in [-0.1, -0.05) is 0 Å². The fourth-order valence-electron chi connectivity index (χ4n) is 0.842. The lowest BCUT2D eigenvalue weighted by atomic mass is 10.1. The second kappa shape index (κ2) is 4.26. The van der Waals surface area contributed by atoms with E-state index in [4.69, 9.17) is 5.73 Å². The molecule has 0 radical (unpaired) electrons. The van der Waals surface area contributed by atoms with Crippen molar-refractivity contribution in [1.82, 2.24) is 9.97 Å². The van der Waals surface area contributed by atoms with Crippen molar-refractivity contribution in [1.29, 1.82) is 0 Å². The number of hydrogen-bond donors (Lipinski definition) is 3. The first-order chi connectivity index (χ1) is 6.46. The molecular weight excluding hydrogens is 295 g/mol. The van der Waals surface area contributed by atoms with E-state index in [0.717, 1.165) is 0 Å². The lowest BCUT2D eigenvalue weighted by Gasteiger charge is -2.25. The Morgan fingerprint density at radius 1 is 1.71 bits per heavy atom. The first-order valence-electron chi connectivity index (χ1n) is 4.18. The average Bonchev–Trinajstić information content (AvgIpc) is 2.13. The largest absolute Gasteiger partial charge is 0.363 e. The molecule has 14 heavy (non-hydrogen) atoms. The number of halogens is 1. The van der Waals surface area contributed by atoms with Crippen molar-refractivity contribution in [2.24, 2.45) is 5.73 Å². The predicted octanol–water partition coefficient (Wildman–Crippen LogP) is 0.524. The van der Waals surface area contributed by atoms with Crippen LogP contribution in [0.2, 0.25) is 0 Å². The van der Waals surface area contributed by atoms with Crippen LogP contribution in [0.3, 0.4) is 0 Å². The normalized spacial score (nSPS) is 11.4. The molecule has 0 aliphatic carbocycles. The molecule has 78 valence electrons. The Morgan fingerprint density at radius 2 is 2.36 bits per heavy atom. The highest BCUT2D eigenvalue weighted by atomic mass is 127. The lowest BCUT2D eigenvalue weighted by Crippen LogP contribution is -2.40. The second-order valence-electron chi connectivity index (χ2n) is 3.61. The molecule has 0 saturated heterocycles. The molecule has 1 heterocycles. The molecule has 4 N–H and O–H groups in total. The van der Waals surface area contributed by atoms with Gasteiger partial charge in [0.05, 0.1) is 6.33 Å². The van der Waals surface area contributed by atoms with Gasteiger partial charge in [-0.05, 0) is 36.4 Å². The number of nitrogens with two attached hydrogens (primary N) is 1. The van der Waals surface area contributed by atoms with E-state index in [0.29, 0.717) is 15.9 Å². The van der Waals surface area contributed by atoms with E-state index in [1.54, 1.807) is 0 Å². The smallest absolute Gasteiger partial charge is 0.266 e. The van der Waals surface area contributed by atoms with Crippen molar-refractivity contribution < 1.29 is 0 Å². The SMILES string of the molecule is CC(C)(CN)Nc1nc[nH]c(=O)c1I. The molecule has 0 bridgehead atoms. The van der Waals surface area contributed by atoms with Gasteiger partial charge in [-0.2, -0.15) is 0 Å². The van der Waals surface area contributed by atoms with Crippen LogP contribution in [0.5, 0.6) is 0 Å². The van der Waals surface area contributed by atoms with E-state index < -0.39 is 0 Å². The van der Waals surface area contributed by atoms with Gasteiger partial charge in [0.2, 0.25) is 0 Å². The monoisotopic (exact) mass is 308 g/mol. The second-order valence-corrected chi connectivity index (χ2v) is 4.69. The third kappa shape index (κ3) is 2.68. The Balaban J connectivity index is 2.98. The Labute approximate surface area is 95.6 Å². The summed E-state index contributed by atoms with van der Waals surface area (Å²) in [6, 6.07) is 0. The molecule has 1 rings (SSSR count). The van der Waals surface area contributed by atoms with Crippen molar-refractivity contribution in [3.05, 3.63) is 20.3 Å². The number of hydrogen-bond acceptors (Lipinski definition) is 4. The molecule has 6 heteroatoms. The maximum absolute atomic E-state index is 11.2. The number of aromatic amines is 1. The Bertz CT molecular complexity index is 374. The Morgan fingerprint density at radius 3 is 2.93 bits per heavy atom. The Hall–Kier alpha value is -0.630. The number of aromatic nitrogens is 2. The summed E-state index contributed by atoms with van der Waals surface area (Å²) >= 11 is 1.95. The number of rotatable bonds is 3. The summed E-state index contributed by atoms with van der Waals surface area (Å²) in [5, 5.41) is 3.11. The standard InChI is InChI=1S/C8H13IN4O/c1-8(2,3-10)13-6-5(9)7(14)12-4-11-6/h4H,3,10H2,1-2H3,(H2,11,12,13,14). The van der Waals surface area contributed by atoms with Crippen LogP contribution < -0.4 is 16.6 Å². The van der Waals surface area contributed by atoms with Gasteiger partial charge >= 0.3 is 0 Å². The average molecular weight is 308 g/mol. The number of H-pyrrole nitrogens is 1. The van der Waals surface area contributed by atoms with Gasteiger partial charge in [0.15, 0.2) is 0 Å². The van der Waals surface area contributed by atoms with Crippen LogP contribution in [0.15, 0.2) is 11.1 Å². The first kappa shape index (κ1) is 11.4. The molecule has 0 spiro atoms. The molecule has 0 aliphatic rings. The zero-order chi connectivity index (χ0) is 10.8. The summed E-state index contributed by atoms with van der Waals surface area (Å²) in [4.78, 5) is 17.8. The van der Waals surface area contributed by atoms with Crippen LogP contribution in [0.25, 0.3) is 0 Å². The van der Waals surface area contributed by atoms with Gasteiger partial charge in [0, 0.05) is 12.1 Å². The van der Waals surface area contributed by atoms with Crippen LogP contribution in [0.4, 0.5) is 5.82 Å². The van der Waals surface area contributed by atoms with E-state index in [1.807, 2.05) is 36.4 Å². The minimum Gasteiger partial charge on any atom is -0.363 e. The fourth-order valence-corrected chi connectivity index (χ4v) is 1.27. The highest BCUT2D eigenvalue weighted by Gasteiger charge is 2.17. The summed E-state index contributed by atoms with van der Waals surface area (Å²) in [6.07, 6.45) is 1.37. The fraction of sp³-hybridized carbons (Fsp3) is 0.500. The number of nitrogens with one attached hydrogen (secondary N) is 2. The molecule has 0 aliphatic heterocycles. The topological polar surface area (TPSA) is 83.8 Å². The van der Waals surface area contributed by atoms with Gasteiger partial charge in [0.1, 0.15) is 9.39 Å². The van der Waals surface area contributed by atoms with Gasteiger partial charge in [-0.25, -0.2) is 4.98 Å². The molecule has 0 saturated carbocycles. The highest BCUT2D eigenvalue weighted by Crippen LogP contribution is 2.14. The molecule has 1 aromatic heterocycles. The molecule has 0 unspecified atom stereocenters. The van der Waals surface area contributed by atoms with Crippen molar-refractivity contribution in [3.63, 3.8) is 0 Å². The van der Waals surface area contributed by atoms with Crippen molar-refractivity contribution in [2.45, 2.75) is 19.4 Å². The van der Waals surface area contributed by atoms with Crippen molar-refractivity contribution in [2.75, 3.05) is 11.9 Å². The molecule has 0 fully saturated rings. The van der Waals surface area contributed by atoms with Crippen LogP contribution in [0.1, 0.15) is 13.8 Å². The molecule has 1 aromatic rings. The van der Waals surface area contributed by atoms with Gasteiger partial charge in [0.25, 0.3) is 5.56 Å². The van der Waals surface area contributed by atoms with E-state index in [9.17, 15) is 4.79 Å². The van der Waals surface area contributed by atoms with Crippen LogP contribution in [0, 0.1) is 3.57 Å². The maximum atomic E-state index is 11.2. The molecule has 5 nitrogen and oxygen atoms in total. The quantitative estimate of drug-likeness (QED) is 0.711. The van der Waals surface area contributed by atoms with Gasteiger partial charge < -0.3 is 16.0 Å². The van der Waals surface area contributed by atoms with Crippen molar-refractivity contribution in [3.8, 4) is 0 Å². The van der Waals surface area contributed by atoms with Crippen LogP contribution in [-0.2, 0) is 0 Å². The third-order valence-corrected chi connectivity index (χ3v) is 2.76. The zero-order valence-electron chi connectivity index (χ0n) is 8.10. The summed E-state index contributed by atoms with van der Waals surface area (Å²) < 4.78 is 0.548. The maximum Gasteiger partial charge on any atom is 0.266 e. The van der Waals surface area contributed by atoms with E-state index in [-0.39, 0.29) is 11.1 Å². The minimum absolute atomic E-state index is 0.143. The van der Waals surface area contributed by atoms with Gasteiger partial charge in [-0.3, -0.25) is 4.79 Å². The van der Waals surface area contributed by atoms with Crippen LogP contribution >= 0.6 is 22.6 Å². The molecule has 0 atom stereocenters. The summed E-state index contributed by atoms with van der Waals surface area (Å²) in [5.41, 5.74) is 5.16. The highest BCUT2D eigenvalue weighted by molar-refractivity contribution is 14.1. The third-order valence-electron chi connectivity index (χ3n) is 1.76. The molecule has 0 amide bonds. The van der Waals surface area contributed by atoms with Crippen LogP contribution in [-0.4, -0.2) is 22.1 Å². The zero-order valence-corrected chi connectivity index (χ0v) is 10.3. The molecular formula is C8H13IN4O. The van der Waals surface area contributed by atoms with E-state index in [1.165, 1.54) is 6.33 Å².